The predicted octanol–water partition coefficient (Wildman–Crippen LogP) is 4.67. The van der Waals surface area contributed by atoms with Crippen molar-refractivity contribution in [3.8, 4) is 11.4 Å². The molecule has 1 N–H and O–H groups in total. The van der Waals surface area contributed by atoms with Gasteiger partial charge in [0.1, 0.15) is 5.75 Å². The number of rotatable bonds is 5. The first-order valence-corrected chi connectivity index (χ1v) is 9.45. The van der Waals surface area contributed by atoms with E-state index in [1.54, 1.807) is 18.2 Å². The summed E-state index contributed by atoms with van der Waals surface area (Å²) in [6, 6.07) is 15.1. The standard InChI is InChI=1S/C21H20ClN3O2/c1-2-27-19-12-11-14(22)13-17(19)23-21(26)20-16-9-6-10-18(16)25(24-20)15-7-4-3-5-8-15/h3-5,7-8,11-13H,2,6,9-10H2,1H3,(H,23,26). The molecular formula is C21H20ClN3O2. The highest BCUT2D eigenvalue weighted by Gasteiger charge is 2.27. The van der Waals surface area contributed by atoms with Gasteiger partial charge >= 0.3 is 0 Å². The topological polar surface area (TPSA) is 56.1 Å². The maximum absolute atomic E-state index is 13.0. The van der Waals surface area contributed by atoms with Crippen molar-refractivity contribution in [3.05, 3.63) is 70.5 Å². The van der Waals surface area contributed by atoms with Crippen LogP contribution in [0.1, 0.15) is 35.1 Å². The van der Waals surface area contributed by atoms with E-state index in [1.807, 2.05) is 41.9 Å². The number of nitrogens with one attached hydrogen (secondary N) is 1. The van der Waals surface area contributed by atoms with E-state index < -0.39 is 0 Å². The van der Waals surface area contributed by atoms with Gasteiger partial charge in [-0.25, -0.2) is 4.68 Å². The van der Waals surface area contributed by atoms with E-state index in [9.17, 15) is 4.79 Å². The van der Waals surface area contributed by atoms with Gasteiger partial charge in [-0.1, -0.05) is 29.8 Å². The Bertz CT molecular complexity index is 983. The molecule has 4 rings (SSSR count). The monoisotopic (exact) mass is 381 g/mol. The summed E-state index contributed by atoms with van der Waals surface area (Å²) in [5.74, 6) is 0.348. The summed E-state index contributed by atoms with van der Waals surface area (Å²) < 4.78 is 7.48. The minimum Gasteiger partial charge on any atom is -0.492 e. The van der Waals surface area contributed by atoms with Gasteiger partial charge in [0.05, 0.1) is 18.0 Å². The summed E-state index contributed by atoms with van der Waals surface area (Å²) in [7, 11) is 0. The van der Waals surface area contributed by atoms with Crippen LogP contribution in [0.25, 0.3) is 5.69 Å². The van der Waals surface area contributed by atoms with Gasteiger partial charge in [0.25, 0.3) is 5.91 Å². The van der Waals surface area contributed by atoms with E-state index in [0.717, 1.165) is 36.2 Å². The lowest BCUT2D eigenvalue weighted by molar-refractivity contribution is 0.102. The third-order valence-electron chi connectivity index (χ3n) is 4.64. The fraction of sp³-hybridized carbons (Fsp3) is 0.238. The Morgan fingerprint density at radius 3 is 2.81 bits per heavy atom. The zero-order chi connectivity index (χ0) is 18.8. The van der Waals surface area contributed by atoms with Crippen molar-refractivity contribution in [3.63, 3.8) is 0 Å². The Morgan fingerprint density at radius 2 is 2.04 bits per heavy atom. The maximum atomic E-state index is 13.0. The zero-order valence-electron chi connectivity index (χ0n) is 15.0. The molecule has 2 aromatic carbocycles. The van der Waals surface area contributed by atoms with Gasteiger partial charge in [0.15, 0.2) is 5.69 Å². The molecule has 1 amide bonds. The molecular weight excluding hydrogens is 362 g/mol. The highest BCUT2D eigenvalue weighted by molar-refractivity contribution is 6.31. The minimum absolute atomic E-state index is 0.244. The molecule has 3 aromatic rings. The molecule has 0 saturated carbocycles. The molecule has 1 aliphatic carbocycles. The fourth-order valence-electron chi connectivity index (χ4n) is 3.47. The number of para-hydroxylation sites is 1. The van der Waals surface area contributed by atoms with Crippen molar-refractivity contribution in [2.24, 2.45) is 0 Å². The van der Waals surface area contributed by atoms with Crippen molar-refractivity contribution < 1.29 is 9.53 Å². The molecule has 27 heavy (non-hydrogen) atoms. The summed E-state index contributed by atoms with van der Waals surface area (Å²) in [5.41, 5.74) is 4.12. The van der Waals surface area contributed by atoms with Crippen LogP contribution in [0.3, 0.4) is 0 Å². The van der Waals surface area contributed by atoms with Crippen LogP contribution >= 0.6 is 11.6 Å². The number of anilines is 1. The van der Waals surface area contributed by atoms with Crippen LogP contribution in [0.15, 0.2) is 48.5 Å². The molecule has 0 saturated heterocycles. The van der Waals surface area contributed by atoms with Crippen LogP contribution in [-0.2, 0) is 12.8 Å². The normalized spacial score (nSPS) is 12.7. The number of aromatic nitrogens is 2. The second-order valence-electron chi connectivity index (χ2n) is 6.40. The third kappa shape index (κ3) is 3.43. The molecule has 5 nitrogen and oxygen atoms in total. The number of halogens is 1. The van der Waals surface area contributed by atoms with Crippen LogP contribution in [0.5, 0.6) is 5.75 Å². The Labute approximate surface area is 162 Å². The third-order valence-corrected chi connectivity index (χ3v) is 4.87. The number of nitrogens with zero attached hydrogens (tertiary/aromatic N) is 2. The van der Waals surface area contributed by atoms with Gasteiger partial charge in [0, 0.05) is 16.3 Å². The Kier molecular flexibility index (Phi) is 4.86. The highest BCUT2D eigenvalue weighted by atomic mass is 35.5. The predicted molar refractivity (Wildman–Crippen MR) is 106 cm³/mol. The number of amides is 1. The first-order valence-electron chi connectivity index (χ1n) is 9.07. The van der Waals surface area contributed by atoms with Gasteiger partial charge < -0.3 is 10.1 Å². The quantitative estimate of drug-likeness (QED) is 0.699. The number of ether oxygens (including phenoxy) is 1. The summed E-state index contributed by atoms with van der Waals surface area (Å²) >= 11 is 6.10. The van der Waals surface area contributed by atoms with Gasteiger partial charge in [-0.15, -0.1) is 0 Å². The molecule has 138 valence electrons. The van der Waals surface area contributed by atoms with E-state index >= 15 is 0 Å². The second kappa shape index (κ2) is 7.45. The molecule has 0 fully saturated rings. The van der Waals surface area contributed by atoms with Crippen LogP contribution in [0, 0.1) is 0 Å². The van der Waals surface area contributed by atoms with Crippen LogP contribution in [-0.4, -0.2) is 22.3 Å². The molecule has 0 atom stereocenters. The first-order chi connectivity index (χ1) is 13.2. The maximum Gasteiger partial charge on any atom is 0.276 e. The van der Waals surface area contributed by atoms with Crippen molar-refractivity contribution in [2.45, 2.75) is 26.2 Å². The van der Waals surface area contributed by atoms with Gasteiger partial charge in [-0.2, -0.15) is 5.10 Å². The number of hydrogen-bond acceptors (Lipinski definition) is 3. The molecule has 1 aliphatic rings. The van der Waals surface area contributed by atoms with Crippen molar-refractivity contribution in [1.29, 1.82) is 0 Å². The van der Waals surface area contributed by atoms with E-state index in [0.29, 0.717) is 28.8 Å². The molecule has 0 aliphatic heterocycles. The van der Waals surface area contributed by atoms with Crippen LogP contribution in [0.2, 0.25) is 5.02 Å². The molecule has 1 aromatic heterocycles. The fourth-order valence-corrected chi connectivity index (χ4v) is 3.64. The molecule has 0 bridgehead atoms. The van der Waals surface area contributed by atoms with E-state index in [2.05, 4.69) is 10.4 Å². The van der Waals surface area contributed by atoms with Crippen molar-refractivity contribution in [1.82, 2.24) is 9.78 Å². The number of hydrogen-bond donors (Lipinski definition) is 1. The van der Waals surface area contributed by atoms with Gasteiger partial charge in [-0.3, -0.25) is 4.79 Å². The molecule has 0 radical (unpaired) electrons. The van der Waals surface area contributed by atoms with Crippen molar-refractivity contribution >= 4 is 23.2 Å². The molecule has 0 spiro atoms. The Hall–Kier alpha value is -2.79. The molecule has 0 unspecified atom stereocenters. The number of fused-ring (bicyclic) bond motifs is 1. The number of benzene rings is 2. The summed E-state index contributed by atoms with van der Waals surface area (Å²) in [6.45, 7) is 2.40. The number of carbonyl (C=O) groups excluding carboxylic acids is 1. The van der Waals surface area contributed by atoms with Gasteiger partial charge in [-0.05, 0) is 56.5 Å². The number of carbonyl (C=O) groups is 1. The average Bonchev–Trinajstić information content (AvgIpc) is 3.27. The lowest BCUT2D eigenvalue weighted by atomic mass is 10.2. The van der Waals surface area contributed by atoms with E-state index in [4.69, 9.17) is 16.3 Å². The lowest BCUT2D eigenvalue weighted by Crippen LogP contribution is -2.15. The van der Waals surface area contributed by atoms with E-state index in [1.165, 1.54) is 0 Å². The lowest BCUT2D eigenvalue weighted by Gasteiger charge is -2.11. The van der Waals surface area contributed by atoms with E-state index in [-0.39, 0.29) is 5.91 Å². The van der Waals surface area contributed by atoms with Crippen LogP contribution in [0.4, 0.5) is 5.69 Å². The van der Waals surface area contributed by atoms with Gasteiger partial charge in [0.2, 0.25) is 0 Å². The SMILES string of the molecule is CCOc1ccc(Cl)cc1NC(=O)c1nn(-c2ccccc2)c2c1CCC2. The Morgan fingerprint density at radius 1 is 1.22 bits per heavy atom. The highest BCUT2D eigenvalue weighted by Crippen LogP contribution is 2.31. The van der Waals surface area contributed by atoms with Crippen molar-refractivity contribution in [2.75, 3.05) is 11.9 Å². The summed E-state index contributed by atoms with van der Waals surface area (Å²) in [4.78, 5) is 13.0. The Balaban J connectivity index is 1.69. The average molecular weight is 382 g/mol. The molecule has 1 heterocycles. The smallest absolute Gasteiger partial charge is 0.276 e. The minimum atomic E-state index is -0.244. The summed E-state index contributed by atoms with van der Waals surface area (Å²) in [5, 5.41) is 8.09. The largest absolute Gasteiger partial charge is 0.492 e. The first kappa shape index (κ1) is 17.6. The molecule has 6 heteroatoms. The zero-order valence-corrected chi connectivity index (χ0v) is 15.8. The second-order valence-corrected chi connectivity index (χ2v) is 6.84. The van der Waals surface area contributed by atoms with Crippen LogP contribution < -0.4 is 10.1 Å². The summed E-state index contributed by atoms with van der Waals surface area (Å²) in [6.07, 6.45) is 2.81.